The molecule has 18 heavy (non-hydrogen) atoms. The average Bonchev–Trinajstić information content (AvgIpc) is 2.34. The lowest BCUT2D eigenvalue weighted by molar-refractivity contribution is 1.10. The molecular formula is C17H21P. The number of hydrogen-bond acceptors (Lipinski definition) is 0. The summed E-state index contributed by atoms with van der Waals surface area (Å²) < 4.78 is 0. The minimum absolute atomic E-state index is 0.252. The molecule has 0 bridgehead atoms. The predicted octanol–water partition coefficient (Wildman–Crippen LogP) is 4.14. The van der Waals surface area contributed by atoms with Crippen LogP contribution in [-0.2, 0) is 0 Å². The molecule has 2 aromatic carbocycles. The van der Waals surface area contributed by atoms with Crippen LogP contribution in [0.4, 0.5) is 0 Å². The molecule has 0 aliphatic heterocycles. The van der Waals surface area contributed by atoms with Crippen LogP contribution in [0.25, 0.3) is 0 Å². The van der Waals surface area contributed by atoms with E-state index in [2.05, 4.69) is 76.2 Å². The summed E-state index contributed by atoms with van der Waals surface area (Å²) >= 11 is 0. The zero-order valence-electron chi connectivity index (χ0n) is 11.6. The summed E-state index contributed by atoms with van der Waals surface area (Å²) in [4.78, 5) is 0. The smallest absolute Gasteiger partial charge is 0.0164 e. The average molecular weight is 256 g/mol. The summed E-state index contributed by atoms with van der Waals surface area (Å²) in [5.74, 6) is 0. The first-order valence-corrected chi connectivity index (χ1v) is 7.93. The predicted molar refractivity (Wildman–Crippen MR) is 83.7 cm³/mol. The Balaban J connectivity index is 2.55. The Morgan fingerprint density at radius 1 is 0.722 bits per heavy atom. The lowest BCUT2D eigenvalue weighted by Crippen LogP contribution is -2.21. The van der Waals surface area contributed by atoms with Crippen LogP contribution in [0.3, 0.4) is 0 Å². The summed E-state index contributed by atoms with van der Waals surface area (Å²) in [5.41, 5.74) is 3.50. The van der Waals surface area contributed by atoms with Gasteiger partial charge in [-0.05, 0) is 49.2 Å². The summed E-state index contributed by atoms with van der Waals surface area (Å²) in [6, 6.07) is 17.6. The first-order valence-electron chi connectivity index (χ1n) is 6.51. The molecule has 0 radical (unpaired) electrons. The molecule has 0 saturated carbocycles. The van der Waals surface area contributed by atoms with E-state index in [0.29, 0.717) is 5.66 Å². The van der Waals surface area contributed by atoms with Crippen molar-refractivity contribution in [2.75, 3.05) is 0 Å². The molecule has 0 aliphatic carbocycles. The first kappa shape index (κ1) is 13.3. The van der Waals surface area contributed by atoms with Crippen LogP contribution in [-0.4, -0.2) is 5.66 Å². The van der Waals surface area contributed by atoms with Gasteiger partial charge < -0.3 is 0 Å². The van der Waals surface area contributed by atoms with Gasteiger partial charge in [-0.1, -0.05) is 62.4 Å². The van der Waals surface area contributed by atoms with Crippen molar-refractivity contribution in [3.8, 4) is 0 Å². The fourth-order valence-corrected chi connectivity index (χ4v) is 5.13. The van der Waals surface area contributed by atoms with E-state index in [0.717, 1.165) is 0 Å². The molecule has 0 atom stereocenters. The standard InChI is InChI=1S/C17H21P/c1-13(2)18(16-11-7-5-9-14(16)3)17-12-8-6-10-15(17)4/h5-13H,1-4H3. The maximum absolute atomic E-state index is 2.34. The summed E-state index contributed by atoms with van der Waals surface area (Å²) in [7, 11) is -0.252. The van der Waals surface area contributed by atoms with Crippen molar-refractivity contribution in [3.63, 3.8) is 0 Å². The van der Waals surface area contributed by atoms with Gasteiger partial charge in [-0.15, -0.1) is 0 Å². The highest BCUT2D eigenvalue weighted by Gasteiger charge is 2.20. The van der Waals surface area contributed by atoms with Crippen molar-refractivity contribution in [1.29, 1.82) is 0 Å². The number of benzene rings is 2. The quantitative estimate of drug-likeness (QED) is 0.724. The van der Waals surface area contributed by atoms with Gasteiger partial charge in [0, 0.05) is 0 Å². The van der Waals surface area contributed by atoms with Crippen LogP contribution in [0.2, 0.25) is 0 Å². The van der Waals surface area contributed by atoms with Gasteiger partial charge in [0.15, 0.2) is 0 Å². The molecule has 0 N–H and O–H groups in total. The Kier molecular flexibility index (Phi) is 4.19. The Morgan fingerprint density at radius 3 is 1.44 bits per heavy atom. The van der Waals surface area contributed by atoms with Crippen LogP contribution in [0.1, 0.15) is 25.0 Å². The molecule has 0 spiro atoms. The fraction of sp³-hybridized carbons (Fsp3) is 0.294. The zero-order valence-corrected chi connectivity index (χ0v) is 12.5. The Morgan fingerprint density at radius 2 is 1.11 bits per heavy atom. The van der Waals surface area contributed by atoms with E-state index < -0.39 is 0 Å². The zero-order chi connectivity index (χ0) is 13.1. The summed E-state index contributed by atoms with van der Waals surface area (Å²) in [5, 5.41) is 3.05. The lowest BCUT2D eigenvalue weighted by Gasteiger charge is -2.25. The number of hydrogen-bond donors (Lipinski definition) is 0. The summed E-state index contributed by atoms with van der Waals surface area (Å²) in [6.45, 7) is 9.13. The van der Waals surface area contributed by atoms with Gasteiger partial charge in [0.25, 0.3) is 0 Å². The molecule has 0 amide bonds. The van der Waals surface area contributed by atoms with Crippen LogP contribution in [0, 0.1) is 13.8 Å². The van der Waals surface area contributed by atoms with Gasteiger partial charge in [0.05, 0.1) is 0 Å². The SMILES string of the molecule is Cc1ccccc1P(c1ccccc1C)C(C)C. The molecule has 0 aliphatic rings. The maximum Gasteiger partial charge on any atom is -0.0164 e. The second kappa shape index (κ2) is 5.67. The molecule has 2 aromatic rings. The van der Waals surface area contributed by atoms with Gasteiger partial charge >= 0.3 is 0 Å². The van der Waals surface area contributed by atoms with Crippen LogP contribution in [0.15, 0.2) is 48.5 Å². The van der Waals surface area contributed by atoms with Crippen molar-refractivity contribution in [3.05, 3.63) is 59.7 Å². The lowest BCUT2D eigenvalue weighted by atomic mass is 10.2. The van der Waals surface area contributed by atoms with Crippen molar-refractivity contribution >= 4 is 18.5 Å². The molecular weight excluding hydrogens is 235 g/mol. The molecule has 0 unspecified atom stereocenters. The molecule has 0 fully saturated rings. The molecule has 2 rings (SSSR count). The van der Waals surface area contributed by atoms with E-state index in [1.54, 1.807) is 0 Å². The monoisotopic (exact) mass is 256 g/mol. The molecule has 94 valence electrons. The van der Waals surface area contributed by atoms with Crippen molar-refractivity contribution in [1.82, 2.24) is 0 Å². The van der Waals surface area contributed by atoms with Crippen molar-refractivity contribution in [2.24, 2.45) is 0 Å². The van der Waals surface area contributed by atoms with E-state index in [9.17, 15) is 0 Å². The van der Waals surface area contributed by atoms with Gasteiger partial charge in [-0.2, -0.15) is 0 Å². The third-order valence-corrected chi connectivity index (χ3v) is 6.34. The molecule has 0 aromatic heterocycles. The minimum atomic E-state index is -0.252. The topological polar surface area (TPSA) is 0 Å². The third-order valence-electron chi connectivity index (χ3n) is 3.27. The molecule has 1 heteroatoms. The minimum Gasteiger partial charge on any atom is -0.0620 e. The largest absolute Gasteiger partial charge is 0.0620 e. The van der Waals surface area contributed by atoms with Gasteiger partial charge in [-0.3, -0.25) is 0 Å². The van der Waals surface area contributed by atoms with Gasteiger partial charge in [0.2, 0.25) is 0 Å². The van der Waals surface area contributed by atoms with E-state index in [1.165, 1.54) is 21.7 Å². The highest BCUT2D eigenvalue weighted by Crippen LogP contribution is 2.40. The van der Waals surface area contributed by atoms with Crippen LogP contribution >= 0.6 is 7.92 Å². The first-order chi connectivity index (χ1) is 8.61. The van der Waals surface area contributed by atoms with E-state index in [4.69, 9.17) is 0 Å². The number of aryl methyl sites for hydroxylation is 2. The van der Waals surface area contributed by atoms with E-state index >= 15 is 0 Å². The van der Waals surface area contributed by atoms with E-state index in [1.807, 2.05) is 0 Å². The Bertz CT molecular complexity index is 483. The van der Waals surface area contributed by atoms with E-state index in [-0.39, 0.29) is 7.92 Å². The maximum atomic E-state index is 2.34. The van der Waals surface area contributed by atoms with Crippen LogP contribution in [0.5, 0.6) is 0 Å². The second-order valence-corrected chi connectivity index (χ2v) is 7.77. The highest BCUT2D eigenvalue weighted by atomic mass is 31.1. The van der Waals surface area contributed by atoms with Crippen LogP contribution < -0.4 is 10.6 Å². The fourth-order valence-electron chi connectivity index (χ4n) is 2.35. The number of rotatable bonds is 3. The molecule has 0 nitrogen and oxygen atoms in total. The molecule has 0 heterocycles. The Hall–Kier alpha value is -1.13. The van der Waals surface area contributed by atoms with Crippen molar-refractivity contribution < 1.29 is 0 Å². The van der Waals surface area contributed by atoms with Crippen molar-refractivity contribution in [2.45, 2.75) is 33.4 Å². The van der Waals surface area contributed by atoms with Gasteiger partial charge in [0.1, 0.15) is 0 Å². The Labute approximate surface area is 112 Å². The normalized spacial score (nSPS) is 11.2. The highest BCUT2D eigenvalue weighted by molar-refractivity contribution is 7.73. The third kappa shape index (κ3) is 2.65. The summed E-state index contributed by atoms with van der Waals surface area (Å²) in [6.07, 6.45) is 0. The van der Waals surface area contributed by atoms with Gasteiger partial charge in [-0.25, -0.2) is 0 Å². The molecule has 0 saturated heterocycles. The second-order valence-electron chi connectivity index (χ2n) is 5.04.